The van der Waals surface area contributed by atoms with Crippen molar-refractivity contribution in [2.75, 3.05) is 13.7 Å². The molecule has 0 fully saturated rings. The lowest BCUT2D eigenvalue weighted by molar-refractivity contribution is -0.144. The molecule has 0 saturated heterocycles. The average molecular weight is 292 g/mol. The summed E-state index contributed by atoms with van der Waals surface area (Å²) in [6, 6.07) is 0. The third kappa shape index (κ3) is 2.91. The zero-order valence-electron chi connectivity index (χ0n) is 12.6. The van der Waals surface area contributed by atoms with Crippen molar-refractivity contribution in [1.29, 1.82) is 0 Å². The molecule has 2 rings (SSSR count). The molecule has 0 spiro atoms. The normalized spacial score (nSPS) is 28.1. The van der Waals surface area contributed by atoms with E-state index < -0.39 is 11.3 Å². The maximum Gasteiger partial charge on any atom is 0.313 e. The van der Waals surface area contributed by atoms with Gasteiger partial charge in [0.1, 0.15) is 12.4 Å². The highest BCUT2D eigenvalue weighted by Crippen LogP contribution is 2.47. The minimum absolute atomic E-state index is 0.0991. The van der Waals surface area contributed by atoms with Crippen LogP contribution in [-0.4, -0.2) is 31.4 Å². The van der Waals surface area contributed by atoms with E-state index in [9.17, 15) is 14.4 Å². The Bertz CT molecular complexity index is 543. The van der Waals surface area contributed by atoms with E-state index in [0.29, 0.717) is 19.3 Å². The number of ether oxygens (including phenoxy) is 2. The van der Waals surface area contributed by atoms with Crippen LogP contribution in [0.1, 0.15) is 33.1 Å². The number of carbonyl (C=O) groups is 3. The quantitative estimate of drug-likeness (QED) is 0.587. The summed E-state index contributed by atoms with van der Waals surface area (Å²) in [4.78, 5) is 35.2. The molecule has 0 saturated carbocycles. The first-order valence-electron chi connectivity index (χ1n) is 7.01. The van der Waals surface area contributed by atoms with E-state index >= 15 is 0 Å². The van der Waals surface area contributed by atoms with Crippen LogP contribution >= 0.6 is 0 Å². The van der Waals surface area contributed by atoms with E-state index in [1.807, 2.05) is 19.1 Å². The zero-order chi connectivity index (χ0) is 15.6. The molecule has 0 amide bonds. The van der Waals surface area contributed by atoms with Crippen LogP contribution in [0.4, 0.5) is 0 Å². The van der Waals surface area contributed by atoms with Crippen molar-refractivity contribution in [1.82, 2.24) is 0 Å². The number of ketones is 1. The largest absolute Gasteiger partial charge is 0.469 e. The van der Waals surface area contributed by atoms with Gasteiger partial charge in [-0.05, 0) is 30.9 Å². The van der Waals surface area contributed by atoms with Gasteiger partial charge >= 0.3 is 11.9 Å². The van der Waals surface area contributed by atoms with Gasteiger partial charge in [-0.25, -0.2) is 0 Å². The molecule has 2 atom stereocenters. The maximum absolute atomic E-state index is 12.3. The molecule has 0 aromatic rings. The number of hydrogen-bond donors (Lipinski definition) is 0. The van der Waals surface area contributed by atoms with Gasteiger partial charge in [-0.1, -0.05) is 12.2 Å². The number of rotatable bonds is 3. The summed E-state index contributed by atoms with van der Waals surface area (Å²) in [7, 11) is 1.35. The van der Waals surface area contributed by atoms with Crippen LogP contribution < -0.4 is 0 Å². The van der Waals surface area contributed by atoms with Crippen molar-refractivity contribution in [3.63, 3.8) is 0 Å². The van der Waals surface area contributed by atoms with Gasteiger partial charge in [0, 0.05) is 13.3 Å². The number of Topliss-reactive ketones (excluding diaryl/α,β-unsaturated/α-hetero) is 1. The summed E-state index contributed by atoms with van der Waals surface area (Å²) in [5, 5.41) is 0. The first-order chi connectivity index (χ1) is 9.88. The minimum atomic E-state index is -0.693. The summed E-state index contributed by atoms with van der Waals surface area (Å²) in [5.41, 5.74) is 1.02. The minimum Gasteiger partial charge on any atom is -0.469 e. The van der Waals surface area contributed by atoms with Gasteiger partial charge in [0.25, 0.3) is 0 Å². The fraction of sp³-hybridized carbons (Fsp3) is 0.562. The van der Waals surface area contributed by atoms with Crippen molar-refractivity contribution in [3.8, 4) is 0 Å². The Morgan fingerprint density at radius 2 is 2.10 bits per heavy atom. The van der Waals surface area contributed by atoms with Gasteiger partial charge in [0.2, 0.25) is 0 Å². The highest BCUT2D eigenvalue weighted by molar-refractivity contribution is 5.94. The van der Waals surface area contributed by atoms with Gasteiger partial charge in [0.15, 0.2) is 0 Å². The van der Waals surface area contributed by atoms with E-state index in [-0.39, 0.29) is 24.3 Å². The second-order valence-corrected chi connectivity index (χ2v) is 5.75. The molecule has 2 aliphatic rings. The van der Waals surface area contributed by atoms with Crippen molar-refractivity contribution in [2.24, 2.45) is 11.3 Å². The van der Waals surface area contributed by atoms with Gasteiger partial charge in [-0.15, -0.1) is 0 Å². The molecular formula is C16H20O5. The topological polar surface area (TPSA) is 69.7 Å². The Kier molecular flexibility index (Phi) is 4.30. The number of fused-ring (bicyclic) bond motifs is 1. The Morgan fingerprint density at radius 1 is 1.38 bits per heavy atom. The van der Waals surface area contributed by atoms with Gasteiger partial charge in [-0.2, -0.15) is 0 Å². The summed E-state index contributed by atoms with van der Waals surface area (Å²) in [6.45, 7) is 3.37. The summed E-state index contributed by atoms with van der Waals surface area (Å²) >= 11 is 0. The predicted octanol–water partition coefficient (Wildman–Crippen LogP) is 1.96. The summed E-state index contributed by atoms with van der Waals surface area (Å²) in [6.07, 6.45) is 5.05. The highest BCUT2D eigenvalue weighted by Gasteiger charge is 2.47. The maximum atomic E-state index is 12.3. The number of hydrogen-bond acceptors (Lipinski definition) is 5. The van der Waals surface area contributed by atoms with Gasteiger partial charge in [-0.3, -0.25) is 14.4 Å². The Labute approximate surface area is 124 Å². The molecule has 0 aromatic heterocycles. The lowest BCUT2D eigenvalue weighted by Gasteiger charge is -2.28. The molecule has 2 aliphatic carbocycles. The Hall–Kier alpha value is -1.91. The van der Waals surface area contributed by atoms with Gasteiger partial charge < -0.3 is 9.47 Å². The molecule has 0 aliphatic heterocycles. The van der Waals surface area contributed by atoms with E-state index in [1.54, 1.807) is 0 Å². The molecule has 21 heavy (non-hydrogen) atoms. The van der Waals surface area contributed by atoms with Crippen LogP contribution in [0.5, 0.6) is 0 Å². The fourth-order valence-electron chi connectivity index (χ4n) is 3.15. The molecule has 0 heterocycles. The van der Waals surface area contributed by atoms with Crippen LogP contribution in [0.25, 0.3) is 0 Å². The average Bonchev–Trinajstić information content (AvgIpc) is 2.64. The van der Waals surface area contributed by atoms with E-state index in [4.69, 9.17) is 9.47 Å². The highest BCUT2D eigenvalue weighted by atomic mass is 16.5. The molecule has 0 aromatic carbocycles. The van der Waals surface area contributed by atoms with Crippen molar-refractivity contribution < 1.29 is 23.9 Å². The van der Waals surface area contributed by atoms with Crippen molar-refractivity contribution in [2.45, 2.75) is 33.1 Å². The van der Waals surface area contributed by atoms with E-state index in [2.05, 4.69) is 0 Å². The molecule has 0 bridgehead atoms. The lowest BCUT2D eigenvalue weighted by atomic mass is 9.74. The van der Waals surface area contributed by atoms with Crippen LogP contribution in [0.3, 0.4) is 0 Å². The summed E-state index contributed by atoms with van der Waals surface area (Å²) in [5.74, 6) is -1.02. The molecule has 5 heteroatoms. The second-order valence-electron chi connectivity index (χ2n) is 5.75. The lowest BCUT2D eigenvalue weighted by Crippen LogP contribution is -2.31. The predicted molar refractivity (Wildman–Crippen MR) is 75.3 cm³/mol. The van der Waals surface area contributed by atoms with Crippen molar-refractivity contribution in [3.05, 3.63) is 23.3 Å². The SMILES string of the molecule is COC(=O)[C@H]1CC=C(COC(C)=O)CC2(C)C(=O)CC=C12. The molecule has 1 unspecified atom stereocenters. The van der Waals surface area contributed by atoms with Crippen LogP contribution in [0, 0.1) is 11.3 Å². The second kappa shape index (κ2) is 5.84. The monoisotopic (exact) mass is 292 g/mol. The molecule has 0 N–H and O–H groups in total. The third-order valence-electron chi connectivity index (χ3n) is 4.30. The first kappa shape index (κ1) is 15.5. The van der Waals surface area contributed by atoms with Crippen molar-refractivity contribution >= 4 is 17.7 Å². The van der Waals surface area contributed by atoms with Crippen LogP contribution in [0.15, 0.2) is 23.3 Å². The number of carbonyl (C=O) groups excluding carboxylic acids is 3. The Morgan fingerprint density at radius 3 is 2.71 bits per heavy atom. The number of esters is 2. The zero-order valence-corrected chi connectivity index (χ0v) is 12.6. The molecule has 114 valence electrons. The van der Waals surface area contributed by atoms with E-state index in [0.717, 1.165) is 11.1 Å². The molecular weight excluding hydrogens is 272 g/mol. The summed E-state index contributed by atoms with van der Waals surface area (Å²) < 4.78 is 9.89. The molecule has 5 nitrogen and oxygen atoms in total. The van der Waals surface area contributed by atoms with Crippen LogP contribution in [-0.2, 0) is 23.9 Å². The molecule has 0 radical (unpaired) electrons. The first-order valence-corrected chi connectivity index (χ1v) is 7.01. The smallest absolute Gasteiger partial charge is 0.313 e. The Balaban J connectivity index is 2.30. The number of allylic oxidation sites excluding steroid dienone is 2. The van der Waals surface area contributed by atoms with Crippen LogP contribution in [0.2, 0.25) is 0 Å². The van der Waals surface area contributed by atoms with E-state index in [1.165, 1.54) is 14.0 Å². The fourth-order valence-corrected chi connectivity index (χ4v) is 3.15. The van der Waals surface area contributed by atoms with Gasteiger partial charge in [0.05, 0.1) is 18.4 Å². The third-order valence-corrected chi connectivity index (χ3v) is 4.30. The standard InChI is InChI=1S/C16H20O5/c1-10(17)21-9-11-4-5-12(15(19)20-3)13-6-7-14(18)16(13,2)8-11/h4,6,12H,5,7-9H2,1-3H3/t12-,16?/m0/s1. The number of methoxy groups -OCH3 is 1.